The van der Waals surface area contributed by atoms with E-state index in [2.05, 4.69) is 10.3 Å². The molecule has 0 spiro atoms. The van der Waals surface area contributed by atoms with Crippen molar-refractivity contribution < 1.29 is 9.59 Å². The first kappa shape index (κ1) is 18.4. The van der Waals surface area contributed by atoms with E-state index in [9.17, 15) is 9.59 Å². The molecule has 134 valence electrons. The second-order valence-electron chi connectivity index (χ2n) is 5.84. The minimum absolute atomic E-state index is 0.00124. The van der Waals surface area contributed by atoms with Crippen molar-refractivity contribution in [1.29, 1.82) is 0 Å². The standard InChI is InChI=1S/C19H19N3O2S2/c1-3-16(18(24)21-14-7-4-12(5-8-14)11(2)23)25-19-22-15-9-6-13(20)10-17(15)26-19/h4-10,16H,3,20H2,1-2H3,(H,21,24). The van der Waals surface area contributed by atoms with Crippen LogP contribution in [0, 0.1) is 0 Å². The molecule has 7 heteroatoms. The Kier molecular flexibility index (Phi) is 5.58. The summed E-state index contributed by atoms with van der Waals surface area (Å²) in [5, 5.41) is 2.66. The molecule has 1 aromatic heterocycles. The van der Waals surface area contributed by atoms with Gasteiger partial charge in [-0.2, -0.15) is 0 Å². The highest BCUT2D eigenvalue weighted by molar-refractivity contribution is 8.02. The number of nitrogens with zero attached hydrogens (tertiary/aromatic N) is 1. The molecule has 3 aromatic rings. The van der Waals surface area contributed by atoms with E-state index in [0.717, 1.165) is 14.6 Å². The Bertz CT molecular complexity index is 951. The van der Waals surface area contributed by atoms with Crippen LogP contribution in [-0.2, 0) is 4.79 Å². The number of benzene rings is 2. The molecule has 0 saturated carbocycles. The molecule has 3 N–H and O–H groups in total. The lowest BCUT2D eigenvalue weighted by Crippen LogP contribution is -2.24. The van der Waals surface area contributed by atoms with Gasteiger partial charge >= 0.3 is 0 Å². The molecule has 0 aliphatic rings. The van der Waals surface area contributed by atoms with E-state index in [1.807, 2.05) is 25.1 Å². The van der Waals surface area contributed by atoms with Crippen molar-refractivity contribution in [3.05, 3.63) is 48.0 Å². The molecule has 0 bridgehead atoms. The summed E-state index contributed by atoms with van der Waals surface area (Å²) in [6.45, 7) is 3.49. The summed E-state index contributed by atoms with van der Waals surface area (Å²) in [6.07, 6.45) is 0.681. The van der Waals surface area contributed by atoms with Gasteiger partial charge in [0.25, 0.3) is 0 Å². The van der Waals surface area contributed by atoms with Gasteiger partial charge in [-0.15, -0.1) is 11.3 Å². The Morgan fingerprint density at radius 1 is 1.23 bits per heavy atom. The monoisotopic (exact) mass is 385 g/mol. The van der Waals surface area contributed by atoms with Crippen molar-refractivity contribution in [2.45, 2.75) is 29.9 Å². The molecule has 2 aromatic carbocycles. The van der Waals surface area contributed by atoms with E-state index >= 15 is 0 Å². The molecule has 1 atom stereocenters. The number of fused-ring (bicyclic) bond motifs is 1. The lowest BCUT2D eigenvalue weighted by atomic mass is 10.1. The van der Waals surface area contributed by atoms with Crippen LogP contribution in [0.2, 0.25) is 0 Å². The SMILES string of the molecule is CCC(Sc1nc2ccc(N)cc2s1)C(=O)Nc1ccc(C(C)=O)cc1. The van der Waals surface area contributed by atoms with Crippen LogP contribution in [0.4, 0.5) is 11.4 Å². The number of amides is 1. The summed E-state index contributed by atoms with van der Waals surface area (Å²) in [7, 11) is 0. The quantitative estimate of drug-likeness (QED) is 0.368. The van der Waals surface area contributed by atoms with E-state index in [1.54, 1.807) is 24.3 Å². The normalized spacial score (nSPS) is 12.1. The lowest BCUT2D eigenvalue weighted by molar-refractivity contribution is -0.115. The largest absolute Gasteiger partial charge is 0.399 e. The zero-order chi connectivity index (χ0) is 18.7. The molecule has 0 fully saturated rings. The number of carbonyl (C=O) groups is 2. The fraction of sp³-hybridized carbons (Fsp3) is 0.211. The number of carbonyl (C=O) groups excluding carboxylic acids is 2. The first-order valence-electron chi connectivity index (χ1n) is 8.21. The van der Waals surface area contributed by atoms with Gasteiger partial charge in [-0.1, -0.05) is 18.7 Å². The molecule has 1 unspecified atom stereocenters. The van der Waals surface area contributed by atoms with Crippen LogP contribution in [0.5, 0.6) is 0 Å². The number of anilines is 2. The van der Waals surface area contributed by atoms with Crippen LogP contribution in [0.15, 0.2) is 46.8 Å². The summed E-state index contributed by atoms with van der Waals surface area (Å²) in [5.74, 6) is -0.0758. The first-order chi connectivity index (χ1) is 12.5. The summed E-state index contributed by atoms with van der Waals surface area (Å²) in [4.78, 5) is 28.5. The number of hydrogen-bond donors (Lipinski definition) is 2. The molecule has 1 heterocycles. The molecular formula is C19H19N3O2S2. The number of aromatic nitrogens is 1. The second kappa shape index (κ2) is 7.88. The molecule has 0 aliphatic carbocycles. The fourth-order valence-electron chi connectivity index (χ4n) is 2.43. The number of rotatable bonds is 6. The number of thioether (sulfide) groups is 1. The van der Waals surface area contributed by atoms with Crippen LogP contribution < -0.4 is 11.1 Å². The Balaban J connectivity index is 1.70. The zero-order valence-electron chi connectivity index (χ0n) is 14.5. The maximum absolute atomic E-state index is 12.6. The summed E-state index contributed by atoms with van der Waals surface area (Å²) in [5.41, 5.74) is 8.71. The van der Waals surface area contributed by atoms with Crippen molar-refractivity contribution in [3.63, 3.8) is 0 Å². The van der Waals surface area contributed by atoms with Crippen LogP contribution >= 0.6 is 23.1 Å². The summed E-state index contributed by atoms with van der Waals surface area (Å²) >= 11 is 2.99. The minimum atomic E-state index is -0.250. The van der Waals surface area contributed by atoms with Gasteiger partial charge in [-0.25, -0.2) is 4.98 Å². The highest BCUT2D eigenvalue weighted by Gasteiger charge is 2.20. The molecule has 5 nitrogen and oxygen atoms in total. The van der Waals surface area contributed by atoms with Gasteiger partial charge in [-0.3, -0.25) is 9.59 Å². The van der Waals surface area contributed by atoms with Crippen molar-refractivity contribution in [1.82, 2.24) is 4.98 Å². The zero-order valence-corrected chi connectivity index (χ0v) is 16.1. The van der Waals surface area contributed by atoms with Gasteiger partial charge in [0.2, 0.25) is 5.91 Å². The Morgan fingerprint density at radius 2 is 1.96 bits per heavy atom. The number of ketones is 1. The van der Waals surface area contributed by atoms with Crippen molar-refractivity contribution in [2.24, 2.45) is 0 Å². The third-order valence-electron chi connectivity index (χ3n) is 3.86. The average Bonchev–Trinajstić information content (AvgIpc) is 3.01. The third kappa shape index (κ3) is 4.23. The molecule has 0 aliphatic heterocycles. The highest BCUT2D eigenvalue weighted by Crippen LogP contribution is 2.34. The third-order valence-corrected chi connectivity index (χ3v) is 6.33. The van der Waals surface area contributed by atoms with E-state index in [-0.39, 0.29) is 16.9 Å². The Hall–Kier alpha value is -2.38. The van der Waals surface area contributed by atoms with Crippen LogP contribution in [0.25, 0.3) is 10.2 Å². The van der Waals surface area contributed by atoms with Gasteiger partial charge in [0, 0.05) is 16.9 Å². The predicted molar refractivity (Wildman–Crippen MR) is 109 cm³/mol. The number of nitrogens with two attached hydrogens (primary N) is 1. The van der Waals surface area contributed by atoms with Crippen molar-refractivity contribution in [3.8, 4) is 0 Å². The Morgan fingerprint density at radius 3 is 2.62 bits per heavy atom. The highest BCUT2D eigenvalue weighted by atomic mass is 32.2. The van der Waals surface area contributed by atoms with E-state index in [0.29, 0.717) is 23.4 Å². The number of Topliss-reactive ketones (excluding diaryl/α,β-unsaturated/α-hetero) is 1. The summed E-state index contributed by atoms with van der Waals surface area (Å²) in [6, 6.07) is 12.5. The molecule has 1 amide bonds. The molecule has 0 radical (unpaired) electrons. The first-order valence-corrected chi connectivity index (χ1v) is 9.90. The number of hydrogen-bond acceptors (Lipinski definition) is 6. The lowest BCUT2D eigenvalue weighted by Gasteiger charge is -2.13. The van der Waals surface area contributed by atoms with E-state index < -0.39 is 0 Å². The Labute approximate surface area is 160 Å². The number of nitrogens with one attached hydrogen (secondary N) is 1. The van der Waals surface area contributed by atoms with Gasteiger partial charge < -0.3 is 11.1 Å². The smallest absolute Gasteiger partial charge is 0.237 e. The van der Waals surface area contributed by atoms with Gasteiger partial charge in [0.05, 0.1) is 15.5 Å². The van der Waals surface area contributed by atoms with Gasteiger partial charge in [0.1, 0.15) is 0 Å². The van der Waals surface area contributed by atoms with Gasteiger partial charge in [-0.05, 0) is 55.8 Å². The maximum atomic E-state index is 12.6. The fourth-order valence-corrected chi connectivity index (χ4v) is 4.71. The van der Waals surface area contributed by atoms with Crippen LogP contribution in [-0.4, -0.2) is 21.9 Å². The molecule has 3 rings (SSSR count). The van der Waals surface area contributed by atoms with Crippen LogP contribution in [0.1, 0.15) is 30.6 Å². The molecule has 0 saturated heterocycles. The van der Waals surface area contributed by atoms with E-state index in [1.165, 1.54) is 30.0 Å². The molecule has 26 heavy (non-hydrogen) atoms. The van der Waals surface area contributed by atoms with Crippen LogP contribution in [0.3, 0.4) is 0 Å². The minimum Gasteiger partial charge on any atom is -0.399 e. The topological polar surface area (TPSA) is 85.1 Å². The van der Waals surface area contributed by atoms with Crippen molar-refractivity contribution in [2.75, 3.05) is 11.1 Å². The number of thiazole rings is 1. The second-order valence-corrected chi connectivity index (χ2v) is 8.32. The van der Waals surface area contributed by atoms with E-state index in [4.69, 9.17) is 5.73 Å². The number of nitrogen functional groups attached to an aromatic ring is 1. The maximum Gasteiger partial charge on any atom is 0.237 e. The average molecular weight is 386 g/mol. The van der Waals surface area contributed by atoms with Gasteiger partial charge in [0.15, 0.2) is 10.1 Å². The molecular weight excluding hydrogens is 366 g/mol. The van der Waals surface area contributed by atoms with Crippen molar-refractivity contribution >= 4 is 56.4 Å². The summed E-state index contributed by atoms with van der Waals surface area (Å²) < 4.78 is 1.86. The predicted octanol–water partition coefficient (Wildman–Crippen LogP) is 4.59.